The molecular formula is C23H17FN6O. The van der Waals surface area contributed by atoms with Crippen LogP contribution >= 0.6 is 0 Å². The average molecular weight is 412 g/mol. The number of nitrogens with one attached hydrogen (secondary N) is 2. The van der Waals surface area contributed by atoms with Gasteiger partial charge >= 0.3 is 0 Å². The lowest BCUT2D eigenvalue weighted by molar-refractivity contribution is 0.379. The lowest BCUT2D eigenvalue weighted by Gasteiger charge is -2.24. The minimum Gasteiger partial charge on any atom is -0.420 e. The summed E-state index contributed by atoms with van der Waals surface area (Å²) in [6, 6.07) is 16.2. The maximum atomic E-state index is 13.5. The number of allylic oxidation sites excluding steroid dienone is 1. The van der Waals surface area contributed by atoms with Crippen molar-refractivity contribution < 1.29 is 9.13 Å². The number of nitrogens with two attached hydrogens (primary N) is 1. The molecule has 0 radical (unpaired) electrons. The Bertz CT molecular complexity index is 1340. The fourth-order valence-electron chi connectivity index (χ4n) is 3.86. The van der Waals surface area contributed by atoms with Crippen LogP contribution in [0.25, 0.3) is 22.5 Å². The summed E-state index contributed by atoms with van der Waals surface area (Å²) in [7, 11) is 0. The predicted molar refractivity (Wildman–Crippen MR) is 112 cm³/mol. The molecule has 2 aromatic heterocycles. The molecule has 8 heteroatoms. The van der Waals surface area contributed by atoms with Gasteiger partial charge in [-0.05, 0) is 31.2 Å². The number of rotatable bonds is 3. The topological polar surface area (TPSA) is 116 Å². The number of halogens is 1. The number of hydrogen-bond donors (Lipinski definition) is 3. The fourth-order valence-corrected chi connectivity index (χ4v) is 3.86. The van der Waals surface area contributed by atoms with Crippen molar-refractivity contribution in [3.63, 3.8) is 0 Å². The number of aryl methyl sites for hydroxylation is 1. The van der Waals surface area contributed by atoms with E-state index in [9.17, 15) is 9.65 Å². The molecule has 0 saturated carbocycles. The van der Waals surface area contributed by atoms with E-state index in [-0.39, 0.29) is 17.3 Å². The highest BCUT2D eigenvalue weighted by atomic mass is 19.1. The number of hydrogen-bond acceptors (Lipinski definition) is 5. The van der Waals surface area contributed by atoms with Crippen molar-refractivity contribution in [1.82, 2.24) is 20.4 Å². The molecule has 0 aliphatic carbocycles. The summed E-state index contributed by atoms with van der Waals surface area (Å²) in [6.07, 6.45) is 1.65. The Labute approximate surface area is 177 Å². The molecule has 0 saturated heterocycles. The Morgan fingerprint density at radius 1 is 1.03 bits per heavy atom. The van der Waals surface area contributed by atoms with Crippen LogP contribution in [0, 0.1) is 24.1 Å². The highest BCUT2D eigenvalue weighted by Crippen LogP contribution is 2.47. The first-order chi connectivity index (χ1) is 15.1. The van der Waals surface area contributed by atoms with Crippen LogP contribution in [0.3, 0.4) is 0 Å². The van der Waals surface area contributed by atoms with Gasteiger partial charge in [-0.3, -0.25) is 10.2 Å². The molecule has 4 aromatic rings. The van der Waals surface area contributed by atoms with Crippen LogP contribution < -0.4 is 10.5 Å². The van der Waals surface area contributed by atoms with Crippen LogP contribution in [0.1, 0.15) is 22.6 Å². The summed E-state index contributed by atoms with van der Waals surface area (Å²) >= 11 is 0. The lowest BCUT2D eigenvalue weighted by atomic mass is 9.82. The van der Waals surface area contributed by atoms with Crippen molar-refractivity contribution in [1.29, 1.82) is 5.26 Å². The number of fused-ring (bicyclic) bond motifs is 1. The molecule has 2 aromatic carbocycles. The van der Waals surface area contributed by atoms with Crippen molar-refractivity contribution in [3.05, 3.63) is 88.7 Å². The molecule has 0 spiro atoms. The molecule has 4 N–H and O–H groups in total. The number of aromatic amines is 2. The van der Waals surface area contributed by atoms with Gasteiger partial charge in [0.2, 0.25) is 11.8 Å². The van der Waals surface area contributed by atoms with Gasteiger partial charge in [-0.15, -0.1) is 5.10 Å². The molecule has 1 atom stereocenters. The van der Waals surface area contributed by atoms with E-state index >= 15 is 0 Å². The quantitative estimate of drug-likeness (QED) is 0.468. The van der Waals surface area contributed by atoms with E-state index in [0.29, 0.717) is 22.7 Å². The first-order valence-electron chi connectivity index (χ1n) is 9.59. The molecule has 3 heterocycles. The van der Waals surface area contributed by atoms with Crippen LogP contribution in [-0.4, -0.2) is 20.4 Å². The average Bonchev–Trinajstić information content (AvgIpc) is 3.41. The molecule has 1 aliphatic heterocycles. The van der Waals surface area contributed by atoms with E-state index in [1.165, 1.54) is 12.1 Å². The normalized spacial score (nSPS) is 15.3. The number of benzene rings is 2. The summed E-state index contributed by atoms with van der Waals surface area (Å²) in [5, 5.41) is 24.4. The zero-order valence-corrected chi connectivity index (χ0v) is 16.5. The highest BCUT2D eigenvalue weighted by Gasteiger charge is 2.37. The maximum Gasteiger partial charge on any atom is 0.244 e. The molecule has 0 bridgehead atoms. The standard InChI is InChI=1S/C23H17FN6O/c1-12-2-4-14(5-3-12)21-19-18(16(10-25)22(26)31-23(19)30-29-21)17-11-27-28-20(17)13-6-8-15(24)9-7-13/h2-9,11,18H,26H2,1H3,(H,27,28)(H,29,30)/t18-/m0/s1. The molecule has 1 aliphatic rings. The Kier molecular flexibility index (Phi) is 4.30. The van der Waals surface area contributed by atoms with Crippen LogP contribution in [0.4, 0.5) is 4.39 Å². The molecule has 152 valence electrons. The van der Waals surface area contributed by atoms with Crippen molar-refractivity contribution in [2.45, 2.75) is 12.8 Å². The Morgan fingerprint density at radius 2 is 1.71 bits per heavy atom. The summed E-state index contributed by atoms with van der Waals surface area (Å²) < 4.78 is 19.1. The van der Waals surface area contributed by atoms with E-state index in [2.05, 4.69) is 26.5 Å². The van der Waals surface area contributed by atoms with Crippen molar-refractivity contribution >= 4 is 0 Å². The molecule has 0 fully saturated rings. The number of H-pyrrole nitrogens is 2. The van der Waals surface area contributed by atoms with Gasteiger partial charge in [0.1, 0.15) is 17.5 Å². The third-order valence-corrected chi connectivity index (χ3v) is 5.39. The van der Waals surface area contributed by atoms with Crippen LogP contribution in [0.2, 0.25) is 0 Å². The van der Waals surface area contributed by atoms with Gasteiger partial charge in [0.05, 0.1) is 29.1 Å². The van der Waals surface area contributed by atoms with Gasteiger partial charge in [0.15, 0.2) is 0 Å². The van der Waals surface area contributed by atoms with Crippen molar-refractivity contribution in [3.8, 4) is 34.5 Å². The summed E-state index contributed by atoms with van der Waals surface area (Å²) in [6.45, 7) is 2.01. The van der Waals surface area contributed by atoms with Crippen LogP contribution in [-0.2, 0) is 0 Å². The molecule has 0 unspecified atom stereocenters. The second kappa shape index (κ2) is 7.15. The fraction of sp³-hybridized carbons (Fsp3) is 0.0870. The third-order valence-electron chi connectivity index (χ3n) is 5.39. The predicted octanol–water partition coefficient (Wildman–Crippen LogP) is 4.13. The lowest BCUT2D eigenvalue weighted by Crippen LogP contribution is -2.21. The van der Waals surface area contributed by atoms with E-state index in [4.69, 9.17) is 10.5 Å². The summed E-state index contributed by atoms with van der Waals surface area (Å²) in [5.41, 5.74) is 11.9. The Hall–Kier alpha value is -4.38. The SMILES string of the molecule is Cc1ccc(-c2[nH]nc3c2[C@H](c2cn[nH]c2-c2ccc(F)cc2)C(C#N)=C(N)O3)cc1. The van der Waals surface area contributed by atoms with E-state index in [1.54, 1.807) is 18.3 Å². The van der Waals surface area contributed by atoms with Crippen LogP contribution in [0.5, 0.6) is 5.88 Å². The van der Waals surface area contributed by atoms with E-state index < -0.39 is 5.92 Å². The first-order valence-corrected chi connectivity index (χ1v) is 9.59. The van der Waals surface area contributed by atoms with Gasteiger partial charge in [-0.1, -0.05) is 29.8 Å². The van der Waals surface area contributed by atoms with Gasteiger partial charge in [-0.25, -0.2) is 4.39 Å². The van der Waals surface area contributed by atoms with E-state index in [0.717, 1.165) is 22.4 Å². The Morgan fingerprint density at radius 3 is 2.42 bits per heavy atom. The molecule has 5 rings (SSSR count). The molecule has 31 heavy (non-hydrogen) atoms. The van der Waals surface area contributed by atoms with Gasteiger partial charge in [0.25, 0.3) is 0 Å². The van der Waals surface area contributed by atoms with Crippen LogP contribution in [0.15, 0.2) is 66.2 Å². The monoisotopic (exact) mass is 412 g/mol. The van der Waals surface area contributed by atoms with Crippen molar-refractivity contribution in [2.24, 2.45) is 5.73 Å². The van der Waals surface area contributed by atoms with Crippen molar-refractivity contribution in [2.75, 3.05) is 0 Å². The number of nitriles is 1. The smallest absolute Gasteiger partial charge is 0.244 e. The Balaban J connectivity index is 1.72. The zero-order valence-electron chi connectivity index (χ0n) is 16.5. The largest absolute Gasteiger partial charge is 0.420 e. The summed E-state index contributed by atoms with van der Waals surface area (Å²) in [5.74, 6) is -0.601. The number of nitrogens with zero attached hydrogens (tertiary/aromatic N) is 3. The highest BCUT2D eigenvalue weighted by molar-refractivity contribution is 5.74. The second-order valence-electron chi connectivity index (χ2n) is 7.32. The second-order valence-corrected chi connectivity index (χ2v) is 7.32. The first kappa shape index (κ1) is 18.6. The number of ether oxygens (including phenoxy) is 1. The molecular weight excluding hydrogens is 395 g/mol. The summed E-state index contributed by atoms with van der Waals surface area (Å²) in [4.78, 5) is 0. The van der Waals surface area contributed by atoms with Gasteiger partial charge in [0, 0.05) is 16.7 Å². The molecule has 0 amide bonds. The number of aromatic nitrogens is 4. The third kappa shape index (κ3) is 3.04. The zero-order chi connectivity index (χ0) is 21.5. The minimum atomic E-state index is -0.567. The molecule has 7 nitrogen and oxygen atoms in total. The van der Waals surface area contributed by atoms with Gasteiger partial charge in [-0.2, -0.15) is 10.4 Å². The maximum absolute atomic E-state index is 13.5. The van der Waals surface area contributed by atoms with Gasteiger partial charge < -0.3 is 10.5 Å². The van der Waals surface area contributed by atoms with E-state index in [1.807, 2.05) is 31.2 Å². The minimum absolute atomic E-state index is 0.00628.